The molecule has 0 aromatic heterocycles. The van der Waals surface area contributed by atoms with Gasteiger partial charge in [0, 0.05) is 11.1 Å². The molecule has 0 heterocycles. The molecule has 2 nitrogen and oxygen atoms in total. The summed E-state index contributed by atoms with van der Waals surface area (Å²) in [5.74, 6) is 3.61. The van der Waals surface area contributed by atoms with Gasteiger partial charge in [-0.3, -0.25) is 0 Å². The SMILES string of the molecule is CCc1cc(-c2ccc(OC(F)(F)F)cc2)ccc1C#Cc1cc(F)c(SC#N)c(F)c1. The Morgan fingerprint density at radius 2 is 1.53 bits per heavy atom. The van der Waals surface area contributed by atoms with E-state index in [0.717, 1.165) is 23.3 Å². The third-order valence-electron chi connectivity index (χ3n) is 4.39. The monoisotopic (exact) mass is 459 g/mol. The Morgan fingerprint density at radius 1 is 0.906 bits per heavy atom. The number of benzene rings is 3. The van der Waals surface area contributed by atoms with Gasteiger partial charge in [0.15, 0.2) is 0 Å². The molecule has 0 amide bonds. The molecule has 162 valence electrons. The van der Waals surface area contributed by atoms with Crippen LogP contribution in [0.15, 0.2) is 59.5 Å². The molecule has 0 spiro atoms. The van der Waals surface area contributed by atoms with Gasteiger partial charge in [0.05, 0.1) is 4.90 Å². The lowest BCUT2D eigenvalue weighted by Gasteiger charge is -2.10. The van der Waals surface area contributed by atoms with Gasteiger partial charge < -0.3 is 4.74 Å². The molecule has 0 unspecified atom stereocenters. The number of thiocyanates is 1. The summed E-state index contributed by atoms with van der Waals surface area (Å²) in [6.45, 7) is 1.91. The minimum atomic E-state index is -4.75. The summed E-state index contributed by atoms with van der Waals surface area (Å²) in [6, 6.07) is 13.0. The minimum absolute atomic E-state index is 0.133. The number of halogens is 5. The first-order valence-electron chi connectivity index (χ1n) is 9.26. The van der Waals surface area contributed by atoms with Crippen LogP contribution < -0.4 is 4.74 Å². The molecule has 0 bridgehead atoms. The molecule has 0 fully saturated rings. The van der Waals surface area contributed by atoms with Crippen molar-refractivity contribution < 1.29 is 26.7 Å². The summed E-state index contributed by atoms with van der Waals surface area (Å²) < 4.78 is 68.8. The van der Waals surface area contributed by atoms with Gasteiger partial charge in [-0.15, -0.1) is 13.2 Å². The zero-order valence-corrected chi connectivity index (χ0v) is 17.4. The molecule has 3 aromatic carbocycles. The first kappa shape index (κ1) is 23.2. The van der Waals surface area contributed by atoms with Crippen LogP contribution in [-0.4, -0.2) is 6.36 Å². The van der Waals surface area contributed by atoms with Gasteiger partial charge in [-0.05, 0) is 71.3 Å². The van der Waals surface area contributed by atoms with E-state index in [2.05, 4.69) is 16.6 Å². The van der Waals surface area contributed by atoms with Crippen molar-refractivity contribution in [2.75, 3.05) is 0 Å². The van der Waals surface area contributed by atoms with Crippen LogP contribution in [0.5, 0.6) is 5.75 Å². The molecule has 32 heavy (non-hydrogen) atoms. The predicted octanol–water partition coefficient (Wildman–Crippen LogP) is 7.07. The highest BCUT2D eigenvalue weighted by Crippen LogP contribution is 2.28. The van der Waals surface area contributed by atoms with E-state index < -0.39 is 18.0 Å². The Hall–Kier alpha value is -3.49. The molecule has 3 aromatic rings. The smallest absolute Gasteiger partial charge is 0.406 e. The van der Waals surface area contributed by atoms with Gasteiger partial charge in [0.2, 0.25) is 0 Å². The van der Waals surface area contributed by atoms with E-state index in [1.54, 1.807) is 17.5 Å². The van der Waals surface area contributed by atoms with Crippen LogP contribution in [0.25, 0.3) is 11.1 Å². The summed E-state index contributed by atoms with van der Waals surface area (Å²) in [6.07, 6.45) is -4.13. The number of alkyl halides is 3. The molecular weight excluding hydrogens is 445 g/mol. The van der Waals surface area contributed by atoms with Gasteiger partial charge in [0.25, 0.3) is 0 Å². The number of hydrogen-bond acceptors (Lipinski definition) is 3. The second-order valence-corrected chi connectivity index (χ2v) is 7.30. The molecule has 0 atom stereocenters. The summed E-state index contributed by atoms with van der Waals surface area (Å²) in [5, 5.41) is 10.2. The van der Waals surface area contributed by atoms with Gasteiger partial charge in [-0.2, -0.15) is 5.26 Å². The fourth-order valence-electron chi connectivity index (χ4n) is 2.95. The Bertz CT molecular complexity index is 1210. The highest BCUT2D eigenvalue weighted by molar-refractivity contribution is 8.03. The number of thioether (sulfide) groups is 1. The van der Waals surface area contributed by atoms with E-state index in [1.165, 1.54) is 24.3 Å². The van der Waals surface area contributed by atoms with Crippen LogP contribution in [0, 0.1) is 34.1 Å². The Morgan fingerprint density at radius 3 is 2.09 bits per heavy atom. The Kier molecular flexibility index (Phi) is 7.07. The van der Waals surface area contributed by atoms with E-state index >= 15 is 0 Å². The molecule has 0 aliphatic rings. The highest BCUT2D eigenvalue weighted by atomic mass is 32.2. The second-order valence-electron chi connectivity index (χ2n) is 6.51. The quantitative estimate of drug-likeness (QED) is 0.181. The van der Waals surface area contributed by atoms with Crippen LogP contribution in [-0.2, 0) is 6.42 Å². The van der Waals surface area contributed by atoms with Gasteiger partial charge in [-0.1, -0.05) is 37.0 Å². The lowest BCUT2D eigenvalue weighted by Crippen LogP contribution is -2.16. The molecule has 0 saturated carbocycles. The summed E-state index contributed by atoms with van der Waals surface area (Å²) in [7, 11) is 0. The van der Waals surface area contributed by atoms with E-state index in [1.807, 2.05) is 13.0 Å². The maximum Gasteiger partial charge on any atom is 0.573 e. The first-order valence-corrected chi connectivity index (χ1v) is 10.1. The van der Waals surface area contributed by atoms with Crippen LogP contribution in [0.2, 0.25) is 0 Å². The van der Waals surface area contributed by atoms with Crippen molar-refractivity contribution in [3.63, 3.8) is 0 Å². The van der Waals surface area contributed by atoms with Crippen molar-refractivity contribution in [3.8, 4) is 34.1 Å². The van der Waals surface area contributed by atoms with Crippen molar-refractivity contribution in [2.45, 2.75) is 24.6 Å². The zero-order valence-electron chi connectivity index (χ0n) is 16.6. The standard InChI is InChI=1S/C24H14F5NOS/c1-2-16-13-19(18-7-9-20(10-8-18)31-24(27,28)29)6-5-17(16)4-3-15-11-21(25)23(32-14-30)22(26)12-15/h5-13H,2H2,1H3. The molecular formula is C24H14F5NOS. The van der Waals surface area contributed by atoms with Crippen molar-refractivity contribution in [1.82, 2.24) is 0 Å². The average Bonchev–Trinajstić information content (AvgIpc) is 2.74. The largest absolute Gasteiger partial charge is 0.573 e. The van der Waals surface area contributed by atoms with E-state index in [9.17, 15) is 22.0 Å². The normalized spacial score (nSPS) is 10.8. The van der Waals surface area contributed by atoms with Crippen LogP contribution in [0.1, 0.15) is 23.6 Å². The Balaban J connectivity index is 1.87. The fourth-order valence-corrected chi connectivity index (χ4v) is 3.36. The fraction of sp³-hybridized carbons (Fsp3) is 0.125. The van der Waals surface area contributed by atoms with Crippen molar-refractivity contribution in [2.24, 2.45) is 0 Å². The number of ether oxygens (including phenoxy) is 1. The molecule has 8 heteroatoms. The maximum atomic E-state index is 14.0. The van der Waals surface area contributed by atoms with Crippen LogP contribution >= 0.6 is 11.8 Å². The van der Waals surface area contributed by atoms with Crippen molar-refractivity contribution >= 4 is 11.8 Å². The van der Waals surface area contributed by atoms with E-state index in [0.29, 0.717) is 29.3 Å². The molecule has 0 N–H and O–H groups in total. The van der Waals surface area contributed by atoms with Crippen molar-refractivity contribution in [1.29, 1.82) is 5.26 Å². The molecule has 0 saturated heterocycles. The van der Waals surface area contributed by atoms with Crippen molar-refractivity contribution in [3.05, 3.63) is 82.9 Å². The summed E-state index contributed by atoms with van der Waals surface area (Å²) in [4.78, 5) is -0.372. The molecule has 0 aliphatic carbocycles. The highest BCUT2D eigenvalue weighted by Gasteiger charge is 2.30. The Labute approximate surface area is 185 Å². The topological polar surface area (TPSA) is 33.0 Å². The number of nitrogens with zero attached hydrogens (tertiary/aromatic N) is 1. The van der Waals surface area contributed by atoms with Crippen LogP contribution in [0.3, 0.4) is 0 Å². The third-order valence-corrected chi connectivity index (χ3v) is 5.08. The minimum Gasteiger partial charge on any atom is -0.406 e. The van der Waals surface area contributed by atoms with Gasteiger partial charge >= 0.3 is 6.36 Å². The maximum absolute atomic E-state index is 14.0. The predicted molar refractivity (Wildman–Crippen MR) is 112 cm³/mol. The molecule has 3 rings (SSSR count). The summed E-state index contributed by atoms with van der Waals surface area (Å²) >= 11 is 0.405. The zero-order chi connectivity index (χ0) is 23.3. The average molecular weight is 459 g/mol. The number of hydrogen-bond donors (Lipinski definition) is 0. The summed E-state index contributed by atoms with van der Waals surface area (Å²) in [5.41, 5.74) is 3.13. The third kappa shape index (κ3) is 5.81. The number of aryl methyl sites for hydroxylation is 1. The van der Waals surface area contributed by atoms with E-state index in [4.69, 9.17) is 5.26 Å². The first-order chi connectivity index (χ1) is 15.2. The van der Waals surface area contributed by atoms with Crippen LogP contribution in [0.4, 0.5) is 22.0 Å². The lowest BCUT2D eigenvalue weighted by atomic mass is 9.97. The van der Waals surface area contributed by atoms with Gasteiger partial charge in [0.1, 0.15) is 22.8 Å². The molecule has 0 aliphatic heterocycles. The number of nitriles is 1. The second kappa shape index (κ2) is 9.76. The number of rotatable bonds is 4. The van der Waals surface area contributed by atoms with Gasteiger partial charge in [-0.25, -0.2) is 8.78 Å². The van der Waals surface area contributed by atoms with E-state index in [-0.39, 0.29) is 16.2 Å². The lowest BCUT2D eigenvalue weighted by molar-refractivity contribution is -0.274. The molecule has 0 radical (unpaired) electrons.